The van der Waals surface area contributed by atoms with Gasteiger partial charge < -0.3 is 24.1 Å². The predicted molar refractivity (Wildman–Crippen MR) is 165 cm³/mol. The molecule has 1 heterocycles. The molecule has 4 rings (SSSR count). The number of terminal acetylenes is 2. The van der Waals surface area contributed by atoms with Crippen molar-refractivity contribution in [1.82, 2.24) is 0 Å². The molecule has 0 radical (unpaired) electrons. The molecule has 2 aromatic carbocycles. The molecule has 1 saturated carbocycles. The lowest BCUT2D eigenvalue weighted by atomic mass is 9.57. The van der Waals surface area contributed by atoms with Crippen LogP contribution in [0, 0.1) is 36.0 Å². The first-order valence-electron chi connectivity index (χ1n) is 14.2. The Kier molecular flexibility index (Phi) is 9.11. The van der Waals surface area contributed by atoms with Crippen molar-refractivity contribution < 1.29 is 24.1 Å². The number of rotatable bonds is 9. The van der Waals surface area contributed by atoms with Crippen molar-refractivity contribution >= 4 is 12.2 Å². The molecule has 1 N–H and O–H groups in total. The third kappa shape index (κ3) is 6.42. The van der Waals surface area contributed by atoms with Gasteiger partial charge in [0.1, 0.15) is 30.3 Å². The zero-order chi connectivity index (χ0) is 29.8. The van der Waals surface area contributed by atoms with E-state index >= 15 is 0 Å². The van der Waals surface area contributed by atoms with E-state index in [1.54, 1.807) is 7.11 Å². The number of allylic oxidation sites excluding steroid dienone is 2. The zero-order valence-corrected chi connectivity index (χ0v) is 25.2. The summed E-state index contributed by atoms with van der Waals surface area (Å²) in [6, 6.07) is 8.10. The Morgan fingerprint density at radius 1 is 1.00 bits per heavy atom. The molecular weight excluding hydrogens is 512 g/mol. The summed E-state index contributed by atoms with van der Waals surface area (Å²) in [5, 5.41) is 10.8. The Bertz CT molecular complexity index is 1370. The average Bonchev–Trinajstić information content (AvgIpc) is 2.94. The summed E-state index contributed by atoms with van der Waals surface area (Å²) in [5.41, 5.74) is 4.44. The van der Waals surface area contributed by atoms with Crippen molar-refractivity contribution in [2.75, 3.05) is 20.3 Å². The highest BCUT2D eigenvalue weighted by Gasteiger charge is 2.54. The van der Waals surface area contributed by atoms with Crippen LogP contribution < -0.4 is 18.9 Å². The molecule has 2 aromatic rings. The summed E-state index contributed by atoms with van der Waals surface area (Å²) in [6.07, 6.45) is 19.8. The van der Waals surface area contributed by atoms with E-state index in [9.17, 15) is 5.11 Å². The van der Waals surface area contributed by atoms with E-state index in [0.717, 1.165) is 47.3 Å². The Balaban J connectivity index is 1.72. The van der Waals surface area contributed by atoms with Crippen LogP contribution >= 0.6 is 0 Å². The number of benzene rings is 2. The maximum absolute atomic E-state index is 10.8. The molecule has 0 unspecified atom stereocenters. The molecule has 0 saturated heterocycles. The molecule has 1 aliphatic carbocycles. The van der Waals surface area contributed by atoms with Gasteiger partial charge >= 0.3 is 0 Å². The second-order valence-corrected chi connectivity index (χ2v) is 12.1. The summed E-state index contributed by atoms with van der Waals surface area (Å²) in [5.74, 6) is 8.12. The second-order valence-electron chi connectivity index (χ2n) is 12.1. The van der Waals surface area contributed by atoms with E-state index in [-0.39, 0.29) is 36.3 Å². The maximum Gasteiger partial charge on any atom is 0.165 e. The zero-order valence-electron chi connectivity index (χ0n) is 25.2. The Morgan fingerprint density at radius 3 is 2.15 bits per heavy atom. The average molecular weight is 555 g/mol. The highest BCUT2D eigenvalue weighted by molar-refractivity contribution is 5.74. The third-order valence-electron chi connectivity index (χ3n) is 8.54. The van der Waals surface area contributed by atoms with Crippen LogP contribution in [0.3, 0.4) is 0 Å². The lowest BCUT2D eigenvalue weighted by Crippen LogP contribution is -2.58. The van der Waals surface area contributed by atoms with Crippen molar-refractivity contribution in [3.05, 3.63) is 58.2 Å². The Hall–Kier alpha value is -3.80. The third-order valence-corrected chi connectivity index (χ3v) is 8.54. The van der Waals surface area contributed by atoms with Gasteiger partial charge in [-0.3, -0.25) is 0 Å². The van der Waals surface area contributed by atoms with Crippen LogP contribution in [0.1, 0.15) is 69.7 Å². The summed E-state index contributed by atoms with van der Waals surface area (Å²) in [7, 11) is 1.67. The van der Waals surface area contributed by atoms with Gasteiger partial charge in [0.05, 0.1) is 13.2 Å². The summed E-state index contributed by atoms with van der Waals surface area (Å²) in [4.78, 5) is 0. The number of hydrogen-bond donors (Lipinski definition) is 1. The summed E-state index contributed by atoms with van der Waals surface area (Å²) in [6.45, 7) is 10.9. The molecule has 41 heavy (non-hydrogen) atoms. The van der Waals surface area contributed by atoms with Crippen LogP contribution in [-0.4, -0.2) is 37.1 Å². The lowest BCUT2D eigenvalue weighted by Gasteiger charge is -2.55. The van der Waals surface area contributed by atoms with Crippen LogP contribution in [0.4, 0.5) is 0 Å². The van der Waals surface area contributed by atoms with Gasteiger partial charge in [0.25, 0.3) is 0 Å². The number of aliphatic hydroxyl groups excluding tert-OH is 1. The van der Waals surface area contributed by atoms with Gasteiger partial charge in [0, 0.05) is 11.5 Å². The number of ether oxygens (including phenoxy) is 4. The second kappa shape index (κ2) is 12.4. The Morgan fingerprint density at radius 2 is 1.59 bits per heavy atom. The van der Waals surface area contributed by atoms with Crippen LogP contribution in [-0.2, 0) is 12.8 Å². The summed E-state index contributed by atoms with van der Waals surface area (Å²) >= 11 is 0. The smallest absolute Gasteiger partial charge is 0.165 e. The maximum atomic E-state index is 10.8. The molecule has 5 nitrogen and oxygen atoms in total. The predicted octanol–water partition coefficient (Wildman–Crippen LogP) is 6.89. The number of hydrogen-bond acceptors (Lipinski definition) is 5. The summed E-state index contributed by atoms with van der Waals surface area (Å²) < 4.78 is 24.4. The van der Waals surface area contributed by atoms with Crippen LogP contribution in [0.2, 0.25) is 0 Å². The highest BCUT2D eigenvalue weighted by atomic mass is 16.5. The molecular formula is C36H42O5. The van der Waals surface area contributed by atoms with E-state index in [1.807, 2.05) is 30.4 Å². The molecule has 5 heteroatoms. The Labute approximate surface area is 245 Å². The van der Waals surface area contributed by atoms with Crippen molar-refractivity contribution in [2.45, 2.75) is 72.0 Å². The first kappa shape index (κ1) is 30.2. The largest absolute Gasteiger partial charge is 0.493 e. The SMILES string of the molecule is C#CCOc1cc(/C=C/c2cc3c(c(OC)c2)O[C@]2(C)CC[C@@H](O)C(C)(C)[C@H]2C3)cc(OCC#C)c1CC=C(C)C. The molecule has 0 amide bonds. The first-order valence-corrected chi connectivity index (χ1v) is 14.2. The molecule has 3 atom stereocenters. The number of aliphatic hydroxyl groups is 1. The van der Waals surface area contributed by atoms with Crippen molar-refractivity contribution in [3.8, 4) is 47.7 Å². The van der Waals surface area contributed by atoms with Crippen LogP contribution in [0.15, 0.2) is 35.9 Å². The van der Waals surface area contributed by atoms with Gasteiger partial charge in [-0.15, -0.1) is 12.8 Å². The molecule has 216 valence electrons. The van der Waals surface area contributed by atoms with Gasteiger partial charge in [0.15, 0.2) is 11.5 Å². The van der Waals surface area contributed by atoms with Crippen LogP contribution in [0.25, 0.3) is 12.2 Å². The van der Waals surface area contributed by atoms with Gasteiger partial charge in [-0.1, -0.05) is 49.5 Å². The molecule has 0 spiro atoms. The van der Waals surface area contributed by atoms with Crippen molar-refractivity contribution in [2.24, 2.45) is 11.3 Å². The van der Waals surface area contributed by atoms with E-state index in [0.29, 0.717) is 23.7 Å². The molecule has 1 aliphatic heterocycles. The lowest BCUT2D eigenvalue weighted by molar-refractivity contribution is -0.138. The van der Waals surface area contributed by atoms with Gasteiger partial charge in [0.2, 0.25) is 0 Å². The minimum atomic E-state index is -0.354. The van der Waals surface area contributed by atoms with Gasteiger partial charge in [-0.05, 0) is 92.8 Å². The highest BCUT2D eigenvalue weighted by Crippen LogP contribution is 2.55. The number of fused-ring (bicyclic) bond motifs is 2. The first-order chi connectivity index (χ1) is 19.5. The number of methoxy groups -OCH3 is 1. The fourth-order valence-corrected chi connectivity index (χ4v) is 6.17. The van der Waals surface area contributed by atoms with Gasteiger partial charge in [-0.2, -0.15) is 0 Å². The molecule has 1 fully saturated rings. The minimum Gasteiger partial charge on any atom is -0.493 e. The fraction of sp³-hybridized carbons (Fsp3) is 0.444. The van der Waals surface area contributed by atoms with Crippen molar-refractivity contribution in [1.29, 1.82) is 0 Å². The topological polar surface area (TPSA) is 57.2 Å². The standard InChI is InChI=1S/C36H42O5/c1-9-17-39-29-20-26(21-30(40-18-10-2)28(29)14-11-24(3)4)13-12-25-19-27-23-32-35(5,6)33(37)15-16-36(32,7)41-34(27)31(22-25)38-8/h1-2,11-13,19-22,32-33,37H,14-18,23H2,3-8H3/b13-12+/t32-,33-,36-/m1/s1. The molecule has 0 bridgehead atoms. The van der Waals surface area contributed by atoms with Crippen molar-refractivity contribution in [3.63, 3.8) is 0 Å². The minimum absolute atomic E-state index is 0.150. The van der Waals surface area contributed by atoms with Crippen LogP contribution in [0.5, 0.6) is 23.0 Å². The van der Waals surface area contributed by atoms with E-state index < -0.39 is 0 Å². The van der Waals surface area contributed by atoms with Gasteiger partial charge in [-0.25, -0.2) is 0 Å². The molecule has 0 aromatic heterocycles. The monoisotopic (exact) mass is 554 g/mol. The quantitative estimate of drug-likeness (QED) is 0.208. The normalized spacial score (nSPS) is 22.4. The fourth-order valence-electron chi connectivity index (χ4n) is 6.17. The van der Waals surface area contributed by atoms with E-state index in [2.05, 4.69) is 58.6 Å². The molecule has 2 aliphatic rings. The van der Waals surface area contributed by atoms with E-state index in [4.69, 9.17) is 31.8 Å². The van der Waals surface area contributed by atoms with E-state index in [1.165, 1.54) is 5.57 Å².